The summed E-state index contributed by atoms with van der Waals surface area (Å²) in [6.45, 7) is 2.16. The van der Waals surface area contributed by atoms with E-state index >= 15 is 0 Å². The summed E-state index contributed by atoms with van der Waals surface area (Å²) in [5.41, 5.74) is 3.47. The molecule has 1 unspecified atom stereocenters. The maximum Gasteiger partial charge on any atom is 0.123 e. The van der Waals surface area contributed by atoms with Crippen molar-refractivity contribution in [3.8, 4) is 0 Å². The van der Waals surface area contributed by atoms with E-state index in [1.165, 1.54) is 5.56 Å². The quantitative estimate of drug-likeness (QED) is 0.767. The number of fused-ring (bicyclic) bond motifs is 1. The molecule has 2 heteroatoms. The normalized spacial score (nSPS) is 19.8. The molecule has 1 aliphatic rings. The van der Waals surface area contributed by atoms with Crippen LogP contribution in [0.1, 0.15) is 35.4 Å². The fraction of sp³-hybridized carbons (Fsp3) is 0.500. The van der Waals surface area contributed by atoms with Crippen LogP contribution in [0.5, 0.6) is 0 Å². The zero-order chi connectivity index (χ0) is 10.1. The molecule has 0 aliphatic heterocycles. The summed E-state index contributed by atoms with van der Waals surface area (Å²) in [5.74, 6) is 0.218. The van der Waals surface area contributed by atoms with E-state index in [0.717, 1.165) is 30.4 Å². The molecule has 0 fully saturated rings. The number of aryl methyl sites for hydroxylation is 1. The van der Waals surface area contributed by atoms with Crippen LogP contribution in [0.25, 0.3) is 0 Å². The van der Waals surface area contributed by atoms with Gasteiger partial charge in [-0.2, -0.15) is 0 Å². The number of benzene rings is 1. The second kappa shape index (κ2) is 3.70. The monoisotopic (exact) mass is 194 g/mol. The van der Waals surface area contributed by atoms with Crippen molar-refractivity contribution in [3.63, 3.8) is 0 Å². The molecule has 0 heterocycles. The topological polar surface area (TPSA) is 20.2 Å². The average Bonchev–Trinajstić information content (AvgIpc) is 2.49. The summed E-state index contributed by atoms with van der Waals surface area (Å²) in [5, 5.41) is 8.90. The molecule has 0 radical (unpaired) electrons. The molecule has 0 amide bonds. The standard InChI is InChI=1S/C12H15FO/c1-8-6-10(13)7-12-9(4-5-14)2-3-11(8)12/h6-7,9,14H,2-5H2,1H3. The lowest BCUT2D eigenvalue weighted by Gasteiger charge is -2.10. The number of aliphatic hydroxyl groups is 1. The molecule has 0 aromatic heterocycles. The average molecular weight is 194 g/mol. The molecule has 14 heavy (non-hydrogen) atoms. The predicted octanol–water partition coefficient (Wildman–Crippen LogP) is 2.55. The van der Waals surface area contributed by atoms with Gasteiger partial charge in [-0.05, 0) is 60.9 Å². The highest BCUT2D eigenvalue weighted by molar-refractivity contribution is 5.41. The van der Waals surface area contributed by atoms with E-state index in [0.29, 0.717) is 5.92 Å². The Morgan fingerprint density at radius 1 is 1.50 bits per heavy atom. The molecule has 1 aromatic carbocycles. The molecule has 0 saturated heterocycles. The second-order valence-electron chi connectivity index (χ2n) is 4.04. The van der Waals surface area contributed by atoms with Crippen molar-refractivity contribution in [2.75, 3.05) is 6.61 Å². The Bertz CT molecular complexity index is 346. The van der Waals surface area contributed by atoms with E-state index in [9.17, 15) is 4.39 Å². The largest absolute Gasteiger partial charge is 0.396 e. The summed E-state index contributed by atoms with van der Waals surface area (Å²) in [7, 11) is 0. The SMILES string of the molecule is Cc1cc(F)cc2c1CCC2CCO. The maximum atomic E-state index is 13.2. The van der Waals surface area contributed by atoms with Crippen LogP contribution < -0.4 is 0 Å². The van der Waals surface area contributed by atoms with Gasteiger partial charge < -0.3 is 5.11 Å². The van der Waals surface area contributed by atoms with E-state index in [4.69, 9.17) is 5.11 Å². The summed E-state index contributed by atoms with van der Waals surface area (Å²) >= 11 is 0. The fourth-order valence-electron chi connectivity index (χ4n) is 2.43. The zero-order valence-electron chi connectivity index (χ0n) is 8.39. The molecule has 0 saturated carbocycles. The second-order valence-corrected chi connectivity index (χ2v) is 4.04. The van der Waals surface area contributed by atoms with Crippen LogP contribution in [0.2, 0.25) is 0 Å². The molecule has 1 aliphatic carbocycles. The molecule has 0 bridgehead atoms. The first-order valence-electron chi connectivity index (χ1n) is 5.12. The van der Waals surface area contributed by atoms with Gasteiger partial charge in [-0.3, -0.25) is 0 Å². The number of rotatable bonds is 2. The minimum absolute atomic E-state index is 0.147. The first-order chi connectivity index (χ1) is 6.72. The molecule has 1 nitrogen and oxygen atoms in total. The van der Waals surface area contributed by atoms with Crippen molar-refractivity contribution in [2.24, 2.45) is 0 Å². The Hall–Kier alpha value is -0.890. The highest BCUT2D eigenvalue weighted by Gasteiger charge is 2.23. The van der Waals surface area contributed by atoms with Crippen LogP contribution in [-0.4, -0.2) is 11.7 Å². The first kappa shape index (κ1) is 9.66. The molecule has 1 N–H and O–H groups in total. The van der Waals surface area contributed by atoms with E-state index in [2.05, 4.69) is 0 Å². The zero-order valence-corrected chi connectivity index (χ0v) is 8.39. The van der Waals surface area contributed by atoms with E-state index < -0.39 is 0 Å². The molecule has 0 spiro atoms. The lowest BCUT2D eigenvalue weighted by molar-refractivity contribution is 0.275. The predicted molar refractivity (Wildman–Crippen MR) is 53.9 cm³/mol. The van der Waals surface area contributed by atoms with Crippen molar-refractivity contribution in [3.05, 3.63) is 34.6 Å². The summed E-state index contributed by atoms with van der Waals surface area (Å²) in [6, 6.07) is 3.23. The molecule has 2 rings (SSSR count). The summed E-state index contributed by atoms with van der Waals surface area (Å²) in [4.78, 5) is 0. The van der Waals surface area contributed by atoms with Crippen LogP contribution in [0.15, 0.2) is 12.1 Å². The smallest absolute Gasteiger partial charge is 0.123 e. The van der Waals surface area contributed by atoms with Gasteiger partial charge in [0.1, 0.15) is 5.82 Å². The van der Waals surface area contributed by atoms with Gasteiger partial charge in [0.2, 0.25) is 0 Å². The van der Waals surface area contributed by atoms with Crippen molar-refractivity contribution in [1.82, 2.24) is 0 Å². The summed E-state index contributed by atoms with van der Waals surface area (Å²) < 4.78 is 13.2. The van der Waals surface area contributed by atoms with Gasteiger partial charge in [0.25, 0.3) is 0 Å². The van der Waals surface area contributed by atoms with Gasteiger partial charge in [0.15, 0.2) is 0 Å². The molecule has 1 atom stereocenters. The first-order valence-corrected chi connectivity index (χ1v) is 5.12. The van der Waals surface area contributed by atoms with Gasteiger partial charge in [0, 0.05) is 6.61 Å². The van der Waals surface area contributed by atoms with Crippen molar-refractivity contribution >= 4 is 0 Å². The van der Waals surface area contributed by atoms with Gasteiger partial charge >= 0.3 is 0 Å². The Morgan fingerprint density at radius 2 is 2.29 bits per heavy atom. The maximum absolute atomic E-state index is 13.2. The van der Waals surface area contributed by atoms with Gasteiger partial charge in [-0.1, -0.05) is 0 Å². The third-order valence-corrected chi connectivity index (χ3v) is 3.13. The number of hydrogen-bond donors (Lipinski definition) is 1. The van der Waals surface area contributed by atoms with E-state index in [1.54, 1.807) is 12.1 Å². The number of aliphatic hydroxyl groups excluding tert-OH is 1. The number of halogens is 1. The Kier molecular flexibility index (Phi) is 2.55. The van der Waals surface area contributed by atoms with Crippen molar-refractivity contribution in [2.45, 2.75) is 32.1 Å². The third kappa shape index (κ3) is 1.55. The highest BCUT2D eigenvalue weighted by atomic mass is 19.1. The lowest BCUT2D eigenvalue weighted by atomic mass is 9.96. The van der Waals surface area contributed by atoms with Crippen LogP contribution in [0.4, 0.5) is 4.39 Å². The molecule has 76 valence electrons. The van der Waals surface area contributed by atoms with Crippen molar-refractivity contribution < 1.29 is 9.50 Å². The third-order valence-electron chi connectivity index (χ3n) is 3.13. The lowest BCUT2D eigenvalue weighted by Crippen LogP contribution is -1.98. The van der Waals surface area contributed by atoms with Crippen LogP contribution in [0, 0.1) is 12.7 Å². The van der Waals surface area contributed by atoms with Gasteiger partial charge in [0.05, 0.1) is 0 Å². The van der Waals surface area contributed by atoms with E-state index in [-0.39, 0.29) is 12.4 Å². The Morgan fingerprint density at radius 3 is 3.00 bits per heavy atom. The molecular formula is C12H15FO. The highest BCUT2D eigenvalue weighted by Crippen LogP contribution is 2.37. The van der Waals surface area contributed by atoms with Crippen LogP contribution in [-0.2, 0) is 6.42 Å². The molecular weight excluding hydrogens is 179 g/mol. The molecule has 1 aromatic rings. The number of hydrogen-bond acceptors (Lipinski definition) is 1. The minimum Gasteiger partial charge on any atom is -0.396 e. The Labute approximate surface area is 83.6 Å². The van der Waals surface area contributed by atoms with Gasteiger partial charge in [-0.25, -0.2) is 4.39 Å². The Balaban J connectivity index is 2.38. The van der Waals surface area contributed by atoms with Crippen LogP contribution >= 0.6 is 0 Å². The summed E-state index contributed by atoms with van der Waals surface area (Å²) in [6.07, 6.45) is 2.85. The fourth-order valence-corrected chi connectivity index (χ4v) is 2.43. The van der Waals surface area contributed by atoms with Gasteiger partial charge in [-0.15, -0.1) is 0 Å². The van der Waals surface area contributed by atoms with E-state index in [1.807, 2.05) is 6.92 Å². The van der Waals surface area contributed by atoms with Crippen LogP contribution in [0.3, 0.4) is 0 Å². The van der Waals surface area contributed by atoms with Crippen molar-refractivity contribution in [1.29, 1.82) is 0 Å². The minimum atomic E-state index is -0.147.